The summed E-state index contributed by atoms with van der Waals surface area (Å²) in [4.78, 5) is 0. The van der Waals surface area contributed by atoms with Crippen molar-refractivity contribution in [3.05, 3.63) is 0 Å². The number of hydrogen-bond acceptors (Lipinski definition) is 2. The van der Waals surface area contributed by atoms with Gasteiger partial charge in [0, 0.05) is 12.0 Å². The van der Waals surface area contributed by atoms with E-state index in [0.29, 0.717) is 6.54 Å². The van der Waals surface area contributed by atoms with Crippen molar-refractivity contribution >= 4 is 0 Å². The largest absolute Gasteiger partial charge is 0.393 e. The zero-order chi connectivity index (χ0) is 7.61. The molecule has 0 bridgehead atoms. The van der Waals surface area contributed by atoms with Gasteiger partial charge in [-0.2, -0.15) is 0 Å². The second kappa shape index (κ2) is 2.89. The Labute approximate surface area is 62.4 Å². The Bertz CT molecular complexity index is 104. The molecule has 0 heterocycles. The molecule has 1 aliphatic rings. The normalized spacial score (nSPS) is 25.5. The standard InChI is InChI=1S/C8H17NO/c1-2-7(10)8(6-9)4-3-5-8/h7,10H,2-6,9H2,1H3. The van der Waals surface area contributed by atoms with Gasteiger partial charge >= 0.3 is 0 Å². The summed E-state index contributed by atoms with van der Waals surface area (Å²) >= 11 is 0. The van der Waals surface area contributed by atoms with E-state index >= 15 is 0 Å². The Kier molecular flexibility index (Phi) is 2.32. The lowest BCUT2D eigenvalue weighted by Crippen LogP contribution is -2.46. The lowest BCUT2D eigenvalue weighted by molar-refractivity contribution is -0.0292. The molecule has 0 saturated heterocycles. The number of aliphatic hydroxyl groups is 1. The molecule has 2 nitrogen and oxygen atoms in total. The molecule has 0 spiro atoms. The fraction of sp³-hybridized carbons (Fsp3) is 1.00. The quantitative estimate of drug-likeness (QED) is 0.616. The average Bonchev–Trinajstić information content (AvgIpc) is 1.86. The smallest absolute Gasteiger partial charge is 0.0605 e. The highest BCUT2D eigenvalue weighted by atomic mass is 16.3. The van der Waals surface area contributed by atoms with Crippen molar-refractivity contribution in [2.75, 3.05) is 6.54 Å². The van der Waals surface area contributed by atoms with Crippen LogP contribution in [0.3, 0.4) is 0 Å². The average molecular weight is 143 g/mol. The minimum Gasteiger partial charge on any atom is -0.393 e. The SMILES string of the molecule is CCC(O)C1(CN)CCC1. The lowest BCUT2D eigenvalue weighted by atomic mass is 9.64. The third kappa shape index (κ3) is 1.06. The Morgan fingerprint density at radius 1 is 1.60 bits per heavy atom. The van der Waals surface area contributed by atoms with Crippen LogP contribution in [-0.4, -0.2) is 17.8 Å². The molecule has 1 aliphatic carbocycles. The van der Waals surface area contributed by atoms with Gasteiger partial charge in [0.2, 0.25) is 0 Å². The molecule has 10 heavy (non-hydrogen) atoms. The molecule has 1 rings (SSSR count). The molecule has 2 heteroatoms. The fourth-order valence-corrected chi connectivity index (χ4v) is 1.74. The van der Waals surface area contributed by atoms with Gasteiger partial charge in [-0.15, -0.1) is 0 Å². The highest BCUT2D eigenvalue weighted by Crippen LogP contribution is 2.43. The summed E-state index contributed by atoms with van der Waals surface area (Å²) in [6, 6.07) is 0. The summed E-state index contributed by atoms with van der Waals surface area (Å²) in [7, 11) is 0. The van der Waals surface area contributed by atoms with E-state index in [4.69, 9.17) is 5.73 Å². The van der Waals surface area contributed by atoms with E-state index in [1.807, 2.05) is 6.92 Å². The molecule has 0 amide bonds. The van der Waals surface area contributed by atoms with E-state index in [0.717, 1.165) is 19.3 Å². The Hall–Kier alpha value is -0.0800. The second-order valence-corrected chi connectivity index (χ2v) is 3.34. The highest BCUT2D eigenvalue weighted by molar-refractivity contribution is 4.93. The number of aliphatic hydroxyl groups excluding tert-OH is 1. The predicted molar refractivity (Wildman–Crippen MR) is 41.6 cm³/mol. The Morgan fingerprint density at radius 2 is 2.20 bits per heavy atom. The fourth-order valence-electron chi connectivity index (χ4n) is 1.74. The van der Waals surface area contributed by atoms with Crippen LogP contribution in [-0.2, 0) is 0 Å². The first-order valence-electron chi connectivity index (χ1n) is 4.13. The van der Waals surface area contributed by atoms with Gasteiger partial charge in [0.1, 0.15) is 0 Å². The highest BCUT2D eigenvalue weighted by Gasteiger charge is 2.40. The lowest BCUT2D eigenvalue weighted by Gasteiger charge is -2.44. The van der Waals surface area contributed by atoms with Crippen LogP contribution in [0.1, 0.15) is 32.6 Å². The van der Waals surface area contributed by atoms with Crippen molar-refractivity contribution in [1.82, 2.24) is 0 Å². The first-order valence-corrected chi connectivity index (χ1v) is 4.13. The summed E-state index contributed by atoms with van der Waals surface area (Å²) < 4.78 is 0. The number of rotatable bonds is 3. The molecule has 1 unspecified atom stereocenters. The topological polar surface area (TPSA) is 46.2 Å². The van der Waals surface area contributed by atoms with E-state index in [-0.39, 0.29) is 11.5 Å². The molecule has 0 aromatic heterocycles. The van der Waals surface area contributed by atoms with Crippen LogP contribution < -0.4 is 5.73 Å². The molecule has 0 aliphatic heterocycles. The van der Waals surface area contributed by atoms with Crippen LogP contribution in [0.25, 0.3) is 0 Å². The van der Waals surface area contributed by atoms with Crippen molar-refractivity contribution in [2.24, 2.45) is 11.1 Å². The molecule has 1 atom stereocenters. The van der Waals surface area contributed by atoms with Crippen LogP contribution in [0.4, 0.5) is 0 Å². The summed E-state index contributed by atoms with van der Waals surface area (Å²) in [5, 5.41) is 9.55. The van der Waals surface area contributed by atoms with Crippen LogP contribution in [0.2, 0.25) is 0 Å². The third-order valence-electron chi connectivity index (χ3n) is 2.85. The minimum atomic E-state index is -0.161. The maximum Gasteiger partial charge on any atom is 0.0605 e. The monoisotopic (exact) mass is 143 g/mol. The van der Waals surface area contributed by atoms with Gasteiger partial charge < -0.3 is 10.8 Å². The first-order chi connectivity index (χ1) is 4.75. The van der Waals surface area contributed by atoms with Crippen LogP contribution in [0, 0.1) is 5.41 Å². The van der Waals surface area contributed by atoms with Crippen LogP contribution >= 0.6 is 0 Å². The molecule has 60 valence electrons. The van der Waals surface area contributed by atoms with Gasteiger partial charge in [-0.3, -0.25) is 0 Å². The van der Waals surface area contributed by atoms with E-state index < -0.39 is 0 Å². The molecule has 0 aromatic carbocycles. The van der Waals surface area contributed by atoms with E-state index in [9.17, 15) is 5.11 Å². The maximum absolute atomic E-state index is 9.55. The molecule has 0 aromatic rings. The van der Waals surface area contributed by atoms with Crippen molar-refractivity contribution < 1.29 is 5.11 Å². The summed E-state index contributed by atoms with van der Waals surface area (Å²) in [5.74, 6) is 0. The summed E-state index contributed by atoms with van der Waals surface area (Å²) in [5.41, 5.74) is 5.69. The Balaban J connectivity index is 2.46. The van der Waals surface area contributed by atoms with Gasteiger partial charge in [0.25, 0.3) is 0 Å². The van der Waals surface area contributed by atoms with E-state index in [1.54, 1.807) is 0 Å². The van der Waals surface area contributed by atoms with Gasteiger partial charge in [-0.25, -0.2) is 0 Å². The maximum atomic E-state index is 9.55. The van der Waals surface area contributed by atoms with E-state index in [2.05, 4.69) is 0 Å². The van der Waals surface area contributed by atoms with Crippen LogP contribution in [0.5, 0.6) is 0 Å². The zero-order valence-corrected chi connectivity index (χ0v) is 6.64. The molecular weight excluding hydrogens is 126 g/mol. The van der Waals surface area contributed by atoms with Gasteiger partial charge in [0.05, 0.1) is 6.10 Å². The van der Waals surface area contributed by atoms with Crippen molar-refractivity contribution in [1.29, 1.82) is 0 Å². The second-order valence-electron chi connectivity index (χ2n) is 3.34. The Morgan fingerprint density at radius 3 is 2.30 bits per heavy atom. The number of nitrogens with two attached hydrogens (primary N) is 1. The predicted octanol–water partition coefficient (Wildman–Crippen LogP) is 0.886. The van der Waals surface area contributed by atoms with Crippen molar-refractivity contribution in [2.45, 2.75) is 38.7 Å². The number of hydrogen-bond donors (Lipinski definition) is 2. The van der Waals surface area contributed by atoms with Gasteiger partial charge in [-0.05, 0) is 19.3 Å². The summed E-state index contributed by atoms with van der Waals surface area (Å²) in [6.07, 6.45) is 4.17. The minimum absolute atomic E-state index is 0.106. The molecule has 3 N–H and O–H groups in total. The third-order valence-corrected chi connectivity index (χ3v) is 2.85. The molecule has 1 saturated carbocycles. The molecule has 0 radical (unpaired) electrons. The molecule has 1 fully saturated rings. The first kappa shape index (κ1) is 8.02. The van der Waals surface area contributed by atoms with Gasteiger partial charge in [0.15, 0.2) is 0 Å². The van der Waals surface area contributed by atoms with Crippen molar-refractivity contribution in [3.63, 3.8) is 0 Å². The van der Waals surface area contributed by atoms with Crippen LogP contribution in [0.15, 0.2) is 0 Å². The zero-order valence-electron chi connectivity index (χ0n) is 6.64. The van der Waals surface area contributed by atoms with Crippen molar-refractivity contribution in [3.8, 4) is 0 Å². The summed E-state index contributed by atoms with van der Waals surface area (Å²) in [6.45, 7) is 2.67. The molecular formula is C8H17NO. The van der Waals surface area contributed by atoms with E-state index in [1.165, 1.54) is 6.42 Å². The van der Waals surface area contributed by atoms with Gasteiger partial charge in [-0.1, -0.05) is 13.3 Å².